The van der Waals surface area contributed by atoms with Gasteiger partial charge in [-0.3, -0.25) is 9.48 Å². The van der Waals surface area contributed by atoms with Crippen LogP contribution in [0.3, 0.4) is 0 Å². The third-order valence-electron chi connectivity index (χ3n) is 4.55. The van der Waals surface area contributed by atoms with Gasteiger partial charge in [-0.1, -0.05) is 0 Å². The lowest BCUT2D eigenvalue weighted by Gasteiger charge is -2.31. The highest BCUT2D eigenvalue weighted by molar-refractivity contribution is 9.10. The molecule has 5 nitrogen and oxygen atoms in total. The number of carbonyl (C=O) groups is 1. The smallest absolute Gasteiger partial charge is 0.256 e. The molecule has 1 N–H and O–H groups in total. The molecule has 0 aromatic carbocycles. The maximum atomic E-state index is 12.7. The van der Waals surface area contributed by atoms with Crippen LogP contribution in [-0.4, -0.2) is 33.9 Å². The number of rotatable bonds is 3. The predicted octanol–water partition coefficient (Wildman–Crippen LogP) is 3.23. The van der Waals surface area contributed by atoms with Gasteiger partial charge in [-0.05, 0) is 68.8 Å². The summed E-state index contributed by atoms with van der Waals surface area (Å²) in [6.45, 7) is 7.00. The summed E-state index contributed by atoms with van der Waals surface area (Å²) in [5.41, 5.74) is 0.294. The Hall–Kier alpha value is -0.880. The van der Waals surface area contributed by atoms with Gasteiger partial charge in [0.1, 0.15) is 4.60 Å². The summed E-state index contributed by atoms with van der Waals surface area (Å²) in [5, 5.41) is 7.62. The molecule has 1 unspecified atom stereocenters. The molecule has 1 aromatic heterocycles. The molecule has 1 aromatic rings. The SMILES string of the molecule is CC(C)(C)n1cc(C(=O)NC2(C3CCCCO3)CC2)c(Br)n1. The lowest BCUT2D eigenvalue weighted by molar-refractivity contribution is -0.0139. The van der Waals surface area contributed by atoms with Crippen LogP contribution in [-0.2, 0) is 10.3 Å². The minimum absolute atomic E-state index is 0.0611. The molecule has 1 amide bonds. The second kappa shape index (κ2) is 5.64. The van der Waals surface area contributed by atoms with Gasteiger partial charge in [-0.2, -0.15) is 5.10 Å². The van der Waals surface area contributed by atoms with Gasteiger partial charge in [-0.25, -0.2) is 0 Å². The van der Waals surface area contributed by atoms with Crippen molar-refractivity contribution in [3.63, 3.8) is 0 Å². The average Bonchev–Trinajstić information content (AvgIpc) is 3.12. The number of hydrogen-bond donors (Lipinski definition) is 1. The first-order valence-corrected chi connectivity index (χ1v) is 8.81. The van der Waals surface area contributed by atoms with E-state index in [4.69, 9.17) is 4.74 Å². The molecule has 0 bridgehead atoms. The van der Waals surface area contributed by atoms with E-state index in [2.05, 4.69) is 47.1 Å². The zero-order chi connectivity index (χ0) is 16.0. The van der Waals surface area contributed by atoms with Gasteiger partial charge in [0.05, 0.1) is 22.7 Å². The second-order valence-electron chi connectivity index (χ2n) is 7.41. The molecule has 0 radical (unpaired) electrons. The van der Waals surface area contributed by atoms with E-state index >= 15 is 0 Å². The van der Waals surface area contributed by atoms with Gasteiger partial charge >= 0.3 is 0 Å². The summed E-state index contributed by atoms with van der Waals surface area (Å²) in [7, 11) is 0. The van der Waals surface area contributed by atoms with Crippen LogP contribution in [0.4, 0.5) is 0 Å². The molecule has 1 aliphatic heterocycles. The van der Waals surface area contributed by atoms with E-state index in [1.54, 1.807) is 0 Å². The standard InChI is InChI=1S/C16H24BrN3O2/c1-15(2,3)20-10-11(13(17)19-20)14(21)18-16(7-8-16)12-6-4-5-9-22-12/h10,12H,4-9H2,1-3H3,(H,18,21). The number of ether oxygens (including phenoxy) is 1. The topological polar surface area (TPSA) is 56.2 Å². The number of carbonyl (C=O) groups excluding carboxylic acids is 1. The van der Waals surface area contributed by atoms with Gasteiger partial charge in [0.15, 0.2) is 0 Å². The zero-order valence-corrected chi connectivity index (χ0v) is 15.1. The maximum Gasteiger partial charge on any atom is 0.256 e. The van der Waals surface area contributed by atoms with Crippen LogP contribution < -0.4 is 5.32 Å². The lowest BCUT2D eigenvalue weighted by Crippen LogP contribution is -2.48. The molecule has 1 atom stereocenters. The Morgan fingerprint density at radius 3 is 2.68 bits per heavy atom. The van der Waals surface area contributed by atoms with Crippen LogP contribution in [0.5, 0.6) is 0 Å². The van der Waals surface area contributed by atoms with Gasteiger partial charge in [0.2, 0.25) is 0 Å². The van der Waals surface area contributed by atoms with Crippen molar-refractivity contribution in [2.75, 3.05) is 6.61 Å². The molecule has 1 aliphatic carbocycles. The maximum absolute atomic E-state index is 12.7. The molecule has 3 rings (SSSR count). The minimum Gasteiger partial charge on any atom is -0.376 e. The summed E-state index contributed by atoms with van der Waals surface area (Å²) < 4.78 is 8.30. The highest BCUT2D eigenvalue weighted by atomic mass is 79.9. The highest BCUT2D eigenvalue weighted by Gasteiger charge is 2.51. The van der Waals surface area contributed by atoms with Crippen LogP contribution in [0.15, 0.2) is 10.8 Å². The van der Waals surface area contributed by atoms with E-state index in [0.717, 1.165) is 32.3 Å². The molecule has 1 saturated heterocycles. The fraction of sp³-hybridized carbons (Fsp3) is 0.750. The van der Waals surface area contributed by atoms with Crippen LogP contribution in [0, 0.1) is 0 Å². The zero-order valence-electron chi connectivity index (χ0n) is 13.5. The molecule has 0 spiro atoms. The predicted molar refractivity (Wildman–Crippen MR) is 87.9 cm³/mol. The fourth-order valence-corrected chi connectivity index (χ4v) is 3.43. The Kier molecular flexibility index (Phi) is 4.10. The quantitative estimate of drug-likeness (QED) is 0.889. The highest BCUT2D eigenvalue weighted by Crippen LogP contribution is 2.43. The monoisotopic (exact) mass is 369 g/mol. The Balaban J connectivity index is 1.73. The average molecular weight is 370 g/mol. The van der Waals surface area contributed by atoms with E-state index < -0.39 is 0 Å². The third kappa shape index (κ3) is 3.08. The first-order valence-electron chi connectivity index (χ1n) is 8.02. The molecular formula is C16H24BrN3O2. The largest absolute Gasteiger partial charge is 0.376 e. The number of nitrogens with zero attached hydrogens (tertiary/aromatic N) is 2. The number of aromatic nitrogens is 2. The first kappa shape index (κ1) is 16.0. The number of hydrogen-bond acceptors (Lipinski definition) is 3. The molecule has 2 aliphatic rings. The van der Waals surface area contributed by atoms with Gasteiger partial charge < -0.3 is 10.1 Å². The van der Waals surface area contributed by atoms with Crippen molar-refractivity contribution in [1.29, 1.82) is 0 Å². The van der Waals surface area contributed by atoms with Crippen molar-refractivity contribution in [3.8, 4) is 0 Å². The number of halogens is 1. The van der Waals surface area contributed by atoms with Crippen LogP contribution in [0.1, 0.15) is 63.2 Å². The third-order valence-corrected chi connectivity index (χ3v) is 5.13. The lowest BCUT2D eigenvalue weighted by atomic mass is 10.00. The van der Waals surface area contributed by atoms with Gasteiger partial charge in [0, 0.05) is 12.8 Å². The number of nitrogens with one attached hydrogen (secondary N) is 1. The van der Waals surface area contributed by atoms with Gasteiger partial charge in [-0.15, -0.1) is 0 Å². The molecular weight excluding hydrogens is 346 g/mol. The Morgan fingerprint density at radius 1 is 1.45 bits per heavy atom. The van der Waals surface area contributed by atoms with E-state index in [1.165, 1.54) is 6.42 Å². The molecule has 6 heteroatoms. The van der Waals surface area contributed by atoms with Crippen LogP contribution in [0.25, 0.3) is 0 Å². The summed E-state index contributed by atoms with van der Waals surface area (Å²) >= 11 is 3.41. The van der Waals surface area contributed by atoms with Crippen molar-refractivity contribution >= 4 is 21.8 Å². The number of amides is 1. The Labute approximate surface area is 139 Å². The molecule has 2 fully saturated rings. The molecule has 2 heterocycles. The van der Waals surface area contributed by atoms with Crippen molar-refractivity contribution in [3.05, 3.63) is 16.4 Å². The van der Waals surface area contributed by atoms with Crippen molar-refractivity contribution < 1.29 is 9.53 Å². The summed E-state index contributed by atoms with van der Waals surface area (Å²) in [6, 6.07) is 0. The van der Waals surface area contributed by atoms with Crippen LogP contribution >= 0.6 is 15.9 Å². The van der Waals surface area contributed by atoms with Crippen molar-refractivity contribution in [1.82, 2.24) is 15.1 Å². The Bertz CT molecular complexity index is 566. The first-order chi connectivity index (χ1) is 10.3. The molecule has 122 valence electrons. The Morgan fingerprint density at radius 2 is 2.18 bits per heavy atom. The second-order valence-corrected chi connectivity index (χ2v) is 8.17. The van der Waals surface area contributed by atoms with Crippen LogP contribution in [0.2, 0.25) is 0 Å². The summed E-state index contributed by atoms with van der Waals surface area (Å²) in [4.78, 5) is 12.7. The summed E-state index contributed by atoms with van der Waals surface area (Å²) in [6.07, 6.45) is 7.36. The fourth-order valence-electron chi connectivity index (χ4n) is 2.98. The van der Waals surface area contributed by atoms with E-state index in [0.29, 0.717) is 10.2 Å². The van der Waals surface area contributed by atoms with E-state index in [1.807, 2.05) is 10.9 Å². The minimum atomic E-state index is -0.152. The summed E-state index contributed by atoms with van der Waals surface area (Å²) in [5.74, 6) is -0.0611. The van der Waals surface area contributed by atoms with E-state index in [9.17, 15) is 4.79 Å². The normalized spacial score (nSPS) is 24.1. The van der Waals surface area contributed by atoms with E-state index in [-0.39, 0.29) is 23.1 Å². The van der Waals surface area contributed by atoms with Crippen molar-refractivity contribution in [2.24, 2.45) is 0 Å². The van der Waals surface area contributed by atoms with Gasteiger partial charge in [0.25, 0.3) is 5.91 Å². The molecule has 22 heavy (non-hydrogen) atoms. The molecule has 1 saturated carbocycles. The van der Waals surface area contributed by atoms with Crippen molar-refractivity contribution in [2.45, 2.75) is 70.1 Å².